The number of nitrogens with zero attached hydrogens (tertiary/aromatic N) is 1. The van der Waals surface area contributed by atoms with E-state index in [9.17, 15) is 0 Å². The third-order valence-corrected chi connectivity index (χ3v) is 1.64. The van der Waals surface area contributed by atoms with Gasteiger partial charge in [-0.25, -0.2) is 0 Å². The first kappa shape index (κ1) is 5.47. The fourth-order valence-corrected chi connectivity index (χ4v) is 1.17. The highest BCUT2D eigenvalue weighted by molar-refractivity contribution is 5.95. The molecule has 2 heteroatoms. The van der Waals surface area contributed by atoms with Crippen LogP contribution in [0.5, 0.6) is 0 Å². The summed E-state index contributed by atoms with van der Waals surface area (Å²) >= 11 is 0. The molecule has 0 saturated heterocycles. The van der Waals surface area contributed by atoms with E-state index in [0.29, 0.717) is 5.84 Å². The molecule has 0 fully saturated rings. The van der Waals surface area contributed by atoms with Crippen LogP contribution in [0.25, 0.3) is 0 Å². The number of fused-ring (bicyclic) bond motifs is 1. The summed E-state index contributed by atoms with van der Waals surface area (Å²) in [6.07, 6.45) is 9.96. The van der Waals surface area contributed by atoms with E-state index < -0.39 is 0 Å². The third-order valence-electron chi connectivity index (χ3n) is 1.64. The Morgan fingerprint density at radius 2 is 2.30 bits per heavy atom. The summed E-state index contributed by atoms with van der Waals surface area (Å²) in [7, 11) is 0. The highest BCUT2D eigenvalue weighted by Gasteiger charge is 2.14. The van der Waals surface area contributed by atoms with Gasteiger partial charge in [0.15, 0.2) is 0 Å². The lowest BCUT2D eigenvalue weighted by Gasteiger charge is -2.05. The van der Waals surface area contributed by atoms with Crippen molar-refractivity contribution in [3.8, 4) is 0 Å². The average molecular weight is 132 g/mol. The maximum Gasteiger partial charge on any atom is 0.119 e. The van der Waals surface area contributed by atoms with Crippen LogP contribution < -0.4 is 5.73 Å². The van der Waals surface area contributed by atoms with Crippen LogP contribution in [-0.4, -0.2) is 11.9 Å². The topological polar surface area (TPSA) is 38.4 Å². The Kier molecular flexibility index (Phi) is 1.01. The van der Waals surface area contributed by atoms with Crippen molar-refractivity contribution in [2.45, 2.75) is 6.04 Å². The van der Waals surface area contributed by atoms with Crippen molar-refractivity contribution < 1.29 is 0 Å². The Balaban J connectivity index is 2.40. The normalized spacial score (nSPS) is 27.8. The maximum absolute atomic E-state index is 5.50. The molecule has 10 heavy (non-hydrogen) atoms. The molecule has 0 saturated carbocycles. The van der Waals surface area contributed by atoms with Crippen LogP contribution >= 0.6 is 0 Å². The Bertz CT molecular complexity index is 269. The molecule has 0 bridgehead atoms. The Hall–Kier alpha value is -1.31. The van der Waals surface area contributed by atoms with Crippen molar-refractivity contribution in [1.29, 1.82) is 0 Å². The fourth-order valence-electron chi connectivity index (χ4n) is 1.17. The second-order valence-electron chi connectivity index (χ2n) is 2.39. The van der Waals surface area contributed by atoms with Crippen LogP contribution in [0.1, 0.15) is 0 Å². The number of aliphatic imine (C=N–C) groups is 1. The van der Waals surface area contributed by atoms with E-state index in [1.165, 1.54) is 5.57 Å². The molecular weight excluding hydrogens is 124 g/mol. The zero-order valence-corrected chi connectivity index (χ0v) is 5.49. The van der Waals surface area contributed by atoms with Crippen LogP contribution in [0, 0.1) is 0 Å². The zero-order chi connectivity index (χ0) is 6.97. The van der Waals surface area contributed by atoms with Gasteiger partial charge in [-0.05, 0) is 11.6 Å². The molecule has 0 aromatic heterocycles. The molecule has 2 aliphatic rings. The molecule has 50 valence electrons. The number of rotatable bonds is 0. The van der Waals surface area contributed by atoms with E-state index in [4.69, 9.17) is 5.73 Å². The highest BCUT2D eigenvalue weighted by Crippen LogP contribution is 2.18. The van der Waals surface area contributed by atoms with Crippen LogP contribution in [0.3, 0.4) is 0 Å². The molecule has 1 unspecified atom stereocenters. The van der Waals surface area contributed by atoms with Crippen LogP contribution in [-0.2, 0) is 0 Å². The van der Waals surface area contributed by atoms with Crippen LogP contribution in [0.2, 0.25) is 0 Å². The Labute approximate surface area is 59.4 Å². The highest BCUT2D eigenvalue weighted by atomic mass is 14.9. The van der Waals surface area contributed by atoms with E-state index in [-0.39, 0.29) is 6.04 Å². The van der Waals surface area contributed by atoms with Crippen molar-refractivity contribution in [3.05, 3.63) is 36.0 Å². The van der Waals surface area contributed by atoms with Crippen molar-refractivity contribution in [1.82, 2.24) is 0 Å². The minimum Gasteiger partial charge on any atom is -0.384 e. The zero-order valence-electron chi connectivity index (χ0n) is 5.49. The molecule has 0 aromatic carbocycles. The second-order valence-corrected chi connectivity index (χ2v) is 2.39. The van der Waals surface area contributed by atoms with Gasteiger partial charge < -0.3 is 5.73 Å². The molecule has 0 amide bonds. The Morgan fingerprint density at radius 3 is 3.10 bits per heavy atom. The molecule has 1 heterocycles. The first-order chi connectivity index (χ1) is 4.86. The molecule has 2 nitrogen and oxygen atoms in total. The lowest BCUT2D eigenvalue weighted by molar-refractivity contribution is 0.996. The lowest BCUT2D eigenvalue weighted by atomic mass is 10.0. The van der Waals surface area contributed by atoms with E-state index in [1.54, 1.807) is 0 Å². The molecule has 2 N–H and O–H groups in total. The SMILES string of the molecule is NC1=NC2C=CC=CC2=C1. The van der Waals surface area contributed by atoms with E-state index in [2.05, 4.69) is 4.99 Å². The van der Waals surface area contributed by atoms with Crippen molar-refractivity contribution in [2.24, 2.45) is 10.7 Å². The Morgan fingerprint density at radius 1 is 1.40 bits per heavy atom. The summed E-state index contributed by atoms with van der Waals surface area (Å²) in [4.78, 5) is 4.17. The summed E-state index contributed by atoms with van der Waals surface area (Å²) < 4.78 is 0. The van der Waals surface area contributed by atoms with Crippen molar-refractivity contribution in [2.75, 3.05) is 0 Å². The summed E-state index contributed by atoms with van der Waals surface area (Å²) in [5, 5.41) is 0. The number of allylic oxidation sites excluding steroid dienone is 2. The van der Waals surface area contributed by atoms with Gasteiger partial charge in [0.25, 0.3) is 0 Å². The third kappa shape index (κ3) is 0.692. The average Bonchev–Trinajstić information content (AvgIpc) is 2.27. The minimum atomic E-state index is 0.199. The van der Waals surface area contributed by atoms with Crippen LogP contribution in [0.15, 0.2) is 40.9 Å². The largest absolute Gasteiger partial charge is 0.384 e. The van der Waals surface area contributed by atoms with E-state index in [1.807, 2.05) is 30.4 Å². The first-order valence-corrected chi connectivity index (χ1v) is 3.26. The predicted molar refractivity (Wildman–Crippen MR) is 41.8 cm³/mol. The van der Waals surface area contributed by atoms with Gasteiger partial charge in [0.1, 0.15) is 5.84 Å². The van der Waals surface area contributed by atoms with E-state index >= 15 is 0 Å². The first-order valence-electron chi connectivity index (χ1n) is 3.26. The number of hydrogen-bond donors (Lipinski definition) is 1. The molecule has 1 aliphatic carbocycles. The molecular formula is C8H8N2. The molecule has 0 radical (unpaired) electrons. The smallest absolute Gasteiger partial charge is 0.119 e. The molecule has 0 spiro atoms. The number of hydrogen-bond acceptors (Lipinski definition) is 2. The summed E-state index contributed by atoms with van der Waals surface area (Å²) in [6, 6.07) is 0.199. The summed E-state index contributed by atoms with van der Waals surface area (Å²) in [6.45, 7) is 0. The van der Waals surface area contributed by atoms with Crippen LogP contribution in [0.4, 0.5) is 0 Å². The van der Waals surface area contributed by atoms with Crippen molar-refractivity contribution in [3.63, 3.8) is 0 Å². The summed E-state index contributed by atoms with van der Waals surface area (Å²) in [5.74, 6) is 0.635. The molecule has 2 rings (SSSR count). The van der Waals surface area contributed by atoms with E-state index in [0.717, 1.165) is 0 Å². The van der Waals surface area contributed by atoms with Gasteiger partial charge in [-0.2, -0.15) is 0 Å². The van der Waals surface area contributed by atoms with Gasteiger partial charge in [-0.3, -0.25) is 4.99 Å². The summed E-state index contributed by atoms with van der Waals surface area (Å²) in [5.41, 5.74) is 6.69. The number of amidine groups is 1. The standard InChI is InChI=1S/C8H8N2/c9-8-5-6-3-1-2-4-7(6)10-8/h1-5,7H,(H2,9,10). The lowest BCUT2D eigenvalue weighted by Crippen LogP contribution is -2.05. The molecule has 1 aliphatic heterocycles. The fraction of sp³-hybridized carbons (Fsp3) is 0.125. The van der Waals surface area contributed by atoms with Gasteiger partial charge in [-0.1, -0.05) is 24.3 Å². The van der Waals surface area contributed by atoms with Gasteiger partial charge in [-0.15, -0.1) is 0 Å². The monoisotopic (exact) mass is 132 g/mol. The predicted octanol–water partition coefficient (Wildman–Crippen LogP) is 0.778. The van der Waals surface area contributed by atoms with Gasteiger partial charge in [0, 0.05) is 0 Å². The minimum absolute atomic E-state index is 0.199. The van der Waals surface area contributed by atoms with Gasteiger partial charge in [0.2, 0.25) is 0 Å². The van der Waals surface area contributed by atoms with Crippen molar-refractivity contribution >= 4 is 5.84 Å². The quantitative estimate of drug-likeness (QED) is 0.519. The molecule has 0 aromatic rings. The van der Waals surface area contributed by atoms with Gasteiger partial charge in [0.05, 0.1) is 6.04 Å². The maximum atomic E-state index is 5.50. The molecule has 1 atom stereocenters. The van der Waals surface area contributed by atoms with Gasteiger partial charge >= 0.3 is 0 Å². The second kappa shape index (κ2) is 1.84. The number of nitrogens with two attached hydrogens (primary N) is 1.